The lowest BCUT2D eigenvalue weighted by Gasteiger charge is -2.24. The largest absolute Gasteiger partial charge is 0.514 e. The number of carboxylic acid groups (broad SMARTS) is 1. The molecule has 0 radical (unpaired) electrons. The van der Waals surface area contributed by atoms with Gasteiger partial charge in [0.15, 0.2) is 11.5 Å². The number of rotatable bonds is 16. The highest BCUT2D eigenvalue weighted by atomic mass is 16.8. The van der Waals surface area contributed by atoms with E-state index in [-0.39, 0.29) is 30.4 Å². The number of hydrogen-bond acceptors (Lipinski definition) is 10. The summed E-state index contributed by atoms with van der Waals surface area (Å²) in [7, 11) is 0. The van der Waals surface area contributed by atoms with E-state index in [9.17, 15) is 24.3 Å². The van der Waals surface area contributed by atoms with Crippen molar-refractivity contribution in [1.82, 2.24) is 5.32 Å². The van der Waals surface area contributed by atoms with E-state index >= 15 is 0 Å². The van der Waals surface area contributed by atoms with E-state index in [1.807, 2.05) is 20.8 Å². The van der Waals surface area contributed by atoms with Crippen LogP contribution in [-0.4, -0.2) is 59.2 Å². The molecule has 0 heterocycles. The maximum atomic E-state index is 12.5. The van der Waals surface area contributed by atoms with Gasteiger partial charge < -0.3 is 34.1 Å². The van der Waals surface area contributed by atoms with Crippen molar-refractivity contribution in [3.05, 3.63) is 23.8 Å². The van der Waals surface area contributed by atoms with Crippen LogP contribution in [0.2, 0.25) is 0 Å². The molecule has 226 valence electrons. The van der Waals surface area contributed by atoms with Gasteiger partial charge >= 0.3 is 24.2 Å². The number of aliphatic carboxylic acids is 1. The molecule has 0 aliphatic heterocycles. The van der Waals surface area contributed by atoms with Gasteiger partial charge in [0.2, 0.25) is 0 Å². The summed E-state index contributed by atoms with van der Waals surface area (Å²) >= 11 is 0. The fourth-order valence-corrected chi connectivity index (χ4v) is 3.10. The SMILES string of the molecule is CCCCC(=O)OC(C)CN[C@@H](Cc1ccc(OC(=O)OC(C)(C)CC)c(OC(=O)OC(C)(C)CC)c1)C(=O)O. The summed E-state index contributed by atoms with van der Waals surface area (Å²) in [5.74, 6) is -1.69. The number of carbonyl (C=O) groups is 4. The molecule has 1 aromatic rings. The number of carbonyl (C=O) groups excluding carboxylic acids is 3. The van der Waals surface area contributed by atoms with Crippen LogP contribution in [0.25, 0.3) is 0 Å². The Balaban J connectivity index is 3.09. The quantitative estimate of drug-likeness (QED) is 0.142. The van der Waals surface area contributed by atoms with E-state index in [4.69, 9.17) is 23.7 Å². The molecule has 0 bridgehead atoms. The van der Waals surface area contributed by atoms with Crippen LogP contribution >= 0.6 is 0 Å². The number of carboxylic acids is 1. The highest BCUT2D eigenvalue weighted by molar-refractivity contribution is 5.74. The Morgan fingerprint density at radius 2 is 1.45 bits per heavy atom. The van der Waals surface area contributed by atoms with Crippen molar-refractivity contribution in [3.63, 3.8) is 0 Å². The maximum Gasteiger partial charge on any atom is 0.514 e. The predicted molar refractivity (Wildman–Crippen MR) is 148 cm³/mol. The smallest absolute Gasteiger partial charge is 0.480 e. The summed E-state index contributed by atoms with van der Waals surface area (Å²) in [6.45, 7) is 14.4. The first-order chi connectivity index (χ1) is 18.6. The number of benzene rings is 1. The zero-order chi connectivity index (χ0) is 30.5. The second-order valence-corrected chi connectivity index (χ2v) is 10.8. The number of esters is 1. The monoisotopic (exact) mass is 567 g/mol. The number of unbranched alkanes of at least 4 members (excludes halogenated alkanes) is 1. The van der Waals surface area contributed by atoms with Crippen molar-refractivity contribution in [2.24, 2.45) is 0 Å². The van der Waals surface area contributed by atoms with Gasteiger partial charge in [-0.1, -0.05) is 33.3 Å². The molecule has 2 atom stereocenters. The molecule has 2 N–H and O–H groups in total. The van der Waals surface area contributed by atoms with Gasteiger partial charge in [-0.2, -0.15) is 0 Å². The molecule has 0 fully saturated rings. The number of hydrogen-bond donors (Lipinski definition) is 2. The van der Waals surface area contributed by atoms with Crippen molar-refractivity contribution in [2.75, 3.05) is 6.54 Å². The molecule has 0 aromatic heterocycles. The normalized spacial score (nSPS) is 13.1. The molecule has 1 aromatic carbocycles. The Morgan fingerprint density at radius 3 is 1.95 bits per heavy atom. The minimum atomic E-state index is -1.12. The zero-order valence-electron chi connectivity index (χ0n) is 25.0. The van der Waals surface area contributed by atoms with Crippen molar-refractivity contribution < 1.29 is 48.0 Å². The van der Waals surface area contributed by atoms with E-state index in [2.05, 4.69) is 5.32 Å². The van der Waals surface area contributed by atoms with Gasteiger partial charge in [-0.15, -0.1) is 0 Å². The molecule has 1 rings (SSSR count). The van der Waals surface area contributed by atoms with Crippen LogP contribution in [-0.2, 0) is 30.2 Å². The van der Waals surface area contributed by atoms with Crippen LogP contribution in [0.3, 0.4) is 0 Å². The van der Waals surface area contributed by atoms with Crippen molar-refractivity contribution in [3.8, 4) is 11.5 Å². The number of ether oxygens (including phenoxy) is 5. The first kappa shape index (κ1) is 34.7. The van der Waals surface area contributed by atoms with E-state index in [0.29, 0.717) is 24.8 Å². The maximum absolute atomic E-state index is 12.5. The van der Waals surface area contributed by atoms with Gasteiger partial charge in [-0.3, -0.25) is 9.59 Å². The van der Waals surface area contributed by atoms with E-state index < -0.39 is 41.6 Å². The summed E-state index contributed by atoms with van der Waals surface area (Å²) in [5.41, 5.74) is -1.10. The molecular formula is C29H45NO10. The molecule has 40 heavy (non-hydrogen) atoms. The van der Waals surface area contributed by atoms with Crippen LogP contribution in [0, 0.1) is 0 Å². The van der Waals surface area contributed by atoms with Crippen molar-refractivity contribution >= 4 is 24.2 Å². The second-order valence-electron chi connectivity index (χ2n) is 10.8. The zero-order valence-corrected chi connectivity index (χ0v) is 25.0. The average Bonchev–Trinajstić information content (AvgIpc) is 2.85. The highest BCUT2D eigenvalue weighted by Crippen LogP contribution is 2.31. The molecule has 0 amide bonds. The fourth-order valence-electron chi connectivity index (χ4n) is 3.10. The standard InChI is InChI=1S/C29H45NO10/c1-9-12-13-24(31)36-19(4)18-30-21(25(32)33)16-20-14-15-22(37-26(34)39-28(5,6)10-2)23(17-20)38-27(35)40-29(7,8)11-3/h14-15,17,19,21,30H,9-13,16,18H2,1-8H3,(H,32,33)/t19?,21-/m0/s1. The van der Waals surface area contributed by atoms with Crippen molar-refractivity contribution in [2.45, 2.75) is 117 Å². The predicted octanol–water partition coefficient (Wildman–Crippen LogP) is 5.80. The van der Waals surface area contributed by atoms with Gasteiger partial charge in [-0.25, -0.2) is 9.59 Å². The molecule has 0 saturated carbocycles. The van der Waals surface area contributed by atoms with Gasteiger partial charge in [0, 0.05) is 13.0 Å². The van der Waals surface area contributed by atoms with E-state index in [0.717, 1.165) is 12.8 Å². The molecule has 0 aliphatic carbocycles. The Kier molecular flexibility index (Phi) is 13.9. The molecule has 0 saturated heterocycles. The molecule has 0 aliphatic rings. The fraction of sp³-hybridized carbons (Fsp3) is 0.655. The third-order valence-electron chi connectivity index (χ3n) is 6.27. The molecule has 11 heteroatoms. The Morgan fingerprint density at radius 1 is 0.900 bits per heavy atom. The third kappa shape index (κ3) is 13.1. The first-order valence-corrected chi connectivity index (χ1v) is 13.7. The lowest BCUT2D eigenvalue weighted by Crippen LogP contribution is -2.42. The van der Waals surface area contributed by atoms with Crippen LogP contribution in [0.1, 0.15) is 93.1 Å². The third-order valence-corrected chi connectivity index (χ3v) is 6.27. The minimum absolute atomic E-state index is 0.00864. The summed E-state index contributed by atoms with van der Waals surface area (Å²) in [6.07, 6.45) is 0.430. The average molecular weight is 568 g/mol. The summed E-state index contributed by atoms with van der Waals surface area (Å²) in [6, 6.07) is 3.30. The summed E-state index contributed by atoms with van der Waals surface area (Å²) in [5, 5.41) is 12.7. The Hall–Kier alpha value is -3.34. The van der Waals surface area contributed by atoms with Crippen LogP contribution < -0.4 is 14.8 Å². The van der Waals surface area contributed by atoms with Crippen LogP contribution in [0.15, 0.2) is 18.2 Å². The minimum Gasteiger partial charge on any atom is -0.480 e. The lowest BCUT2D eigenvalue weighted by molar-refractivity contribution is -0.148. The molecule has 0 spiro atoms. The Bertz CT molecular complexity index is 1000. The van der Waals surface area contributed by atoms with E-state index in [1.165, 1.54) is 12.1 Å². The van der Waals surface area contributed by atoms with E-state index in [1.54, 1.807) is 40.7 Å². The van der Waals surface area contributed by atoms with Crippen LogP contribution in [0.4, 0.5) is 9.59 Å². The van der Waals surface area contributed by atoms with Crippen molar-refractivity contribution in [1.29, 1.82) is 0 Å². The molecule has 1 unspecified atom stereocenters. The van der Waals surface area contributed by atoms with Gasteiger partial charge in [0.1, 0.15) is 23.3 Å². The summed E-state index contributed by atoms with van der Waals surface area (Å²) in [4.78, 5) is 48.7. The van der Waals surface area contributed by atoms with Gasteiger partial charge in [0.25, 0.3) is 0 Å². The molecule has 11 nitrogen and oxygen atoms in total. The van der Waals surface area contributed by atoms with Crippen LogP contribution in [0.5, 0.6) is 11.5 Å². The summed E-state index contributed by atoms with van der Waals surface area (Å²) < 4.78 is 26.7. The highest BCUT2D eigenvalue weighted by Gasteiger charge is 2.27. The first-order valence-electron chi connectivity index (χ1n) is 13.7. The lowest BCUT2D eigenvalue weighted by atomic mass is 10.0. The topological polar surface area (TPSA) is 147 Å². The molecular weight excluding hydrogens is 522 g/mol. The number of nitrogens with one attached hydrogen (secondary N) is 1. The van der Waals surface area contributed by atoms with Gasteiger partial charge in [-0.05, 0) is 78.0 Å². The second kappa shape index (κ2) is 16.1. The Labute approximate surface area is 236 Å². The van der Waals surface area contributed by atoms with Gasteiger partial charge in [0.05, 0.1) is 0 Å².